The standard InChI is InChI=1S/C21H19F6N5O/c22-14-8-12(7-13(10-14)21(25,26)27)6-11-4-5-29-17(9-11)30-15-2-1-3-16(18(15)32-28)31-20(33)19(23)24/h4-5,7-10,16,19H,1-3,6,28H2,(H,31,33)/b30-15?,32-18+. The lowest BCUT2D eigenvalue weighted by molar-refractivity contribution is -0.137. The lowest BCUT2D eigenvalue weighted by Gasteiger charge is -2.25. The van der Waals surface area contributed by atoms with Crippen LogP contribution in [0.25, 0.3) is 0 Å². The van der Waals surface area contributed by atoms with Crippen molar-refractivity contribution < 1.29 is 31.1 Å². The highest BCUT2D eigenvalue weighted by Gasteiger charge is 2.31. The van der Waals surface area contributed by atoms with E-state index < -0.39 is 35.9 Å². The molecule has 1 amide bonds. The van der Waals surface area contributed by atoms with Gasteiger partial charge < -0.3 is 11.2 Å². The van der Waals surface area contributed by atoms with Gasteiger partial charge in [0.15, 0.2) is 5.82 Å². The highest BCUT2D eigenvalue weighted by molar-refractivity contribution is 6.45. The second-order valence-corrected chi connectivity index (χ2v) is 7.37. The fourth-order valence-corrected chi connectivity index (χ4v) is 3.51. The van der Waals surface area contributed by atoms with Crippen molar-refractivity contribution in [2.75, 3.05) is 0 Å². The molecule has 0 bridgehead atoms. The van der Waals surface area contributed by atoms with Crippen LogP contribution in [0.4, 0.5) is 32.2 Å². The van der Waals surface area contributed by atoms with E-state index in [4.69, 9.17) is 5.84 Å². The van der Waals surface area contributed by atoms with E-state index in [9.17, 15) is 31.1 Å². The van der Waals surface area contributed by atoms with Gasteiger partial charge in [0.1, 0.15) is 11.5 Å². The molecule has 1 atom stereocenters. The first-order chi connectivity index (χ1) is 15.6. The third kappa shape index (κ3) is 6.30. The predicted molar refractivity (Wildman–Crippen MR) is 109 cm³/mol. The average molecular weight is 471 g/mol. The molecule has 0 aliphatic heterocycles. The number of benzene rings is 1. The second kappa shape index (κ2) is 10.0. The zero-order chi connectivity index (χ0) is 24.2. The largest absolute Gasteiger partial charge is 0.416 e. The first-order valence-electron chi connectivity index (χ1n) is 9.82. The Morgan fingerprint density at radius 2 is 1.97 bits per heavy atom. The van der Waals surface area contributed by atoms with E-state index in [0.29, 0.717) is 36.6 Å². The van der Waals surface area contributed by atoms with Crippen LogP contribution >= 0.6 is 0 Å². The van der Waals surface area contributed by atoms with E-state index in [1.54, 1.807) is 6.07 Å². The number of alkyl halides is 5. The summed E-state index contributed by atoms with van der Waals surface area (Å²) in [6.45, 7) is 0. The number of aliphatic imine (C=N–C) groups is 1. The number of carbonyl (C=O) groups is 1. The molecule has 0 saturated heterocycles. The summed E-state index contributed by atoms with van der Waals surface area (Å²) in [6, 6.07) is 4.52. The number of rotatable bonds is 5. The monoisotopic (exact) mass is 471 g/mol. The molecule has 6 nitrogen and oxygen atoms in total. The lowest BCUT2D eigenvalue weighted by atomic mass is 9.91. The quantitative estimate of drug-likeness (QED) is 0.390. The number of halogens is 6. The predicted octanol–water partition coefficient (Wildman–Crippen LogP) is 4.15. The van der Waals surface area contributed by atoms with Crippen LogP contribution in [0.15, 0.2) is 46.6 Å². The van der Waals surface area contributed by atoms with Gasteiger partial charge in [-0.15, -0.1) is 0 Å². The van der Waals surface area contributed by atoms with Gasteiger partial charge in [0, 0.05) is 6.20 Å². The molecule has 1 aromatic heterocycles. The molecule has 0 radical (unpaired) electrons. The number of pyridine rings is 1. The van der Waals surface area contributed by atoms with Crippen LogP contribution in [0.5, 0.6) is 0 Å². The van der Waals surface area contributed by atoms with E-state index in [0.717, 1.165) is 12.1 Å². The number of hydrogen-bond acceptors (Lipinski definition) is 5. The van der Waals surface area contributed by atoms with Crippen molar-refractivity contribution in [1.29, 1.82) is 0 Å². The molecule has 176 valence electrons. The zero-order valence-electron chi connectivity index (χ0n) is 17.0. The van der Waals surface area contributed by atoms with Crippen LogP contribution in [0, 0.1) is 5.82 Å². The number of hydrazone groups is 1. The van der Waals surface area contributed by atoms with Crippen molar-refractivity contribution in [2.45, 2.75) is 44.3 Å². The van der Waals surface area contributed by atoms with Crippen molar-refractivity contribution in [2.24, 2.45) is 15.9 Å². The number of carbonyl (C=O) groups excluding carboxylic acids is 1. The number of hydrogen-bond donors (Lipinski definition) is 2. The highest BCUT2D eigenvalue weighted by atomic mass is 19.4. The Morgan fingerprint density at radius 3 is 2.64 bits per heavy atom. The molecule has 1 heterocycles. The summed E-state index contributed by atoms with van der Waals surface area (Å²) in [5.41, 5.74) is 0.0341. The third-order valence-corrected chi connectivity index (χ3v) is 4.94. The number of amides is 1. The molecule has 1 aromatic carbocycles. The number of aromatic nitrogens is 1. The topological polar surface area (TPSA) is 92.7 Å². The van der Waals surface area contributed by atoms with Gasteiger partial charge in [0.05, 0.1) is 17.3 Å². The van der Waals surface area contributed by atoms with Gasteiger partial charge >= 0.3 is 12.6 Å². The summed E-state index contributed by atoms with van der Waals surface area (Å²) in [6.07, 6.45) is -5.21. The molecule has 1 aliphatic rings. The number of nitrogens with zero attached hydrogens (tertiary/aromatic N) is 3. The fourth-order valence-electron chi connectivity index (χ4n) is 3.51. The minimum absolute atomic E-state index is 0.00782. The molecule has 1 aliphatic carbocycles. The summed E-state index contributed by atoms with van der Waals surface area (Å²) < 4.78 is 77.7. The van der Waals surface area contributed by atoms with Gasteiger partial charge in [-0.2, -0.15) is 27.1 Å². The normalized spacial score (nSPS) is 19.3. The Hall–Kier alpha value is -3.44. The maximum atomic E-state index is 13.7. The third-order valence-electron chi connectivity index (χ3n) is 4.94. The molecule has 12 heteroatoms. The fraction of sp³-hybridized carbons (Fsp3) is 0.333. The van der Waals surface area contributed by atoms with E-state index in [1.165, 1.54) is 12.3 Å². The van der Waals surface area contributed by atoms with Gasteiger partial charge in [0.25, 0.3) is 5.91 Å². The van der Waals surface area contributed by atoms with Crippen LogP contribution < -0.4 is 11.2 Å². The van der Waals surface area contributed by atoms with E-state index in [-0.39, 0.29) is 23.5 Å². The minimum Gasteiger partial charge on any atom is -0.343 e. The molecular weight excluding hydrogens is 452 g/mol. The molecular formula is C21H19F6N5O. The Kier molecular flexibility index (Phi) is 7.34. The van der Waals surface area contributed by atoms with Crippen LogP contribution in [0.2, 0.25) is 0 Å². The van der Waals surface area contributed by atoms with Crippen molar-refractivity contribution in [3.05, 3.63) is 59.0 Å². The molecule has 1 fully saturated rings. The first kappa shape index (κ1) is 24.2. The van der Waals surface area contributed by atoms with Gasteiger partial charge in [0.2, 0.25) is 0 Å². The van der Waals surface area contributed by atoms with Crippen LogP contribution in [0.3, 0.4) is 0 Å². The summed E-state index contributed by atoms with van der Waals surface area (Å²) in [5, 5.41) is 5.78. The lowest BCUT2D eigenvalue weighted by Crippen LogP contribution is -2.48. The first-order valence-corrected chi connectivity index (χ1v) is 9.82. The molecule has 1 saturated carbocycles. The SMILES string of the molecule is N/N=C1\C(=Nc2cc(Cc3cc(F)cc(C(F)(F)F)c3)ccn2)CCCC1NC(=O)C(F)F. The van der Waals surface area contributed by atoms with Gasteiger partial charge in [-0.1, -0.05) is 0 Å². The van der Waals surface area contributed by atoms with Crippen molar-refractivity contribution in [3.63, 3.8) is 0 Å². The summed E-state index contributed by atoms with van der Waals surface area (Å²) in [4.78, 5) is 19.8. The Morgan fingerprint density at radius 1 is 1.21 bits per heavy atom. The van der Waals surface area contributed by atoms with Crippen molar-refractivity contribution in [3.8, 4) is 0 Å². The molecule has 3 N–H and O–H groups in total. The van der Waals surface area contributed by atoms with E-state index in [1.807, 2.05) is 0 Å². The smallest absolute Gasteiger partial charge is 0.343 e. The summed E-state index contributed by atoms with van der Waals surface area (Å²) >= 11 is 0. The molecule has 3 rings (SSSR count). The van der Waals surface area contributed by atoms with Crippen LogP contribution in [-0.2, 0) is 17.4 Å². The van der Waals surface area contributed by atoms with E-state index in [2.05, 4.69) is 20.4 Å². The Labute approximate surface area is 184 Å². The molecule has 33 heavy (non-hydrogen) atoms. The van der Waals surface area contributed by atoms with Crippen LogP contribution in [-0.4, -0.2) is 34.8 Å². The minimum atomic E-state index is -4.68. The van der Waals surface area contributed by atoms with Crippen molar-refractivity contribution >= 4 is 23.1 Å². The molecule has 1 unspecified atom stereocenters. The van der Waals surface area contributed by atoms with Gasteiger partial charge in [-0.3, -0.25) is 4.79 Å². The molecule has 0 spiro atoms. The van der Waals surface area contributed by atoms with E-state index >= 15 is 0 Å². The van der Waals surface area contributed by atoms with Crippen LogP contribution in [0.1, 0.15) is 36.0 Å². The van der Waals surface area contributed by atoms with Gasteiger partial charge in [-0.05, 0) is 67.1 Å². The summed E-state index contributed by atoms with van der Waals surface area (Å²) in [7, 11) is 0. The second-order valence-electron chi connectivity index (χ2n) is 7.37. The van der Waals surface area contributed by atoms with Gasteiger partial charge in [-0.25, -0.2) is 14.4 Å². The maximum absolute atomic E-state index is 13.7. The average Bonchev–Trinajstić information content (AvgIpc) is 2.73. The Bertz CT molecular complexity index is 1080. The number of nitrogens with one attached hydrogen (secondary N) is 1. The Balaban J connectivity index is 1.83. The number of nitrogens with two attached hydrogens (primary N) is 1. The highest BCUT2D eigenvalue weighted by Crippen LogP contribution is 2.31. The van der Waals surface area contributed by atoms with Crippen molar-refractivity contribution in [1.82, 2.24) is 10.3 Å². The maximum Gasteiger partial charge on any atom is 0.416 e. The molecule has 2 aromatic rings. The summed E-state index contributed by atoms with van der Waals surface area (Å²) in [5.74, 6) is 3.13. The zero-order valence-corrected chi connectivity index (χ0v) is 17.0.